The lowest BCUT2D eigenvalue weighted by Gasteiger charge is -2.18. The zero-order valence-electron chi connectivity index (χ0n) is 15.3. The van der Waals surface area contributed by atoms with Crippen LogP contribution in [-0.2, 0) is 9.53 Å². The predicted octanol–water partition coefficient (Wildman–Crippen LogP) is 3.76. The molecule has 0 N–H and O–H groups in total. The van der Waals surface area contributed by atoms with Crippen molar-refractivity contribution in [3.8, 4) is 11.4 Å². The Bertz CT molecular complexity index is 1140. The van der Waals surface area contributed by atoms with Crippen LogP contribution in [0.2, 0.25) is 5.02 Å². The first-order valence-electron chi connectivity index (χ1n) is 8.69. The molecule has 8 heteroatoms. The molecule has 1 saturated heterocycles. The molecule has 2 aromatic carbocycles. The van der Waals surface area contributed by atoms with Gasteiger partial charge in [0, 0.05) is 17.5 Å². The van der Waals surface area contributed by atoms with Crippen LogP contribution in [0.15, 0.2) is 46.3 Å². The van der Waals surface area contributed by atoms with E-state index in [-0.39, 0.29) is 11.5 Å². The highest BCUT2D eigenvalue weighted by atomic mass is 35.5. The first kappa shape index (κ1) is 18.8. The summed E-state index contributed by atoms with van der Waals surface area (Å²) in [6.07, 6.45) is 0.572. The van der Waals surface area contributed by atoms with Gasteiger partial charge in [-0.15, -0.1) is 0 Å². The molecule has 0 radical (unpaired) electrons. The molecule has 1 atom stereocenters. The Morgan fingerprint density at radius 2 is 2.07 bits per heavy atom. The lowest BCUT2D eigenvalue weighted by atomic mass is 10.2. The molecule has 3 aromatic rings. The molecule has 1 aliphatic heterocycles. The minimum absolute atomic E-state index is 0.237. The number of para-hydroxylation sites is 1. The smallest absolute Gasteiger partial charge is 0.319 e. The maximum atomic E-state index is 13.4. The van der Waals surface area contributed by atoms with Crippen LogP contribution in [0.3, 0.4) is 0 Å². The number of halogens is 1. The molecule has 0 amide bonds. The van der Waals surface area contributed by atoms with Gasteiger partial charge in [0.25, 0.3) is 5.56 Å². The maximum Gasteiger partial charge on any atom is 0.319 e. The molecule has 0 aliphatic carbocycles. The normalized spacial score (nSPS) is 16.4. The van der Waals surface area contributed by atoms with Gasteiger partial charge in [-0.25, -0.2) is 4.98 Å². The average molecular weight is 417 g/mol. The Morgan fingerprint density at radius 1 is 1.29 bits per heavy atom. The van der Waals surface area contributed by atoms with Gasteiger partial charge in [-0.05, 0) is 30.7 Å². The number of fused-ring (bicyclic) bond motifs is 1. The first-order valence-corrected chi connectivity index (χ1v) is 9.95. The number of carbonyl (C=O) groups is 1. The summed E-state index contributed by atoms with van der Waals surface area (Å²) in [5, 5.41) is 1.03. The van der Waals surface area contributed by atoms with Crippen molar-refractivity contribution in [2.24, 2.45) is 0 Å². The summed E-state index contributed by atoms with van der Waals surface area (Å²) in [7, 11) is 1.52. The quantitative estimate of drug-likeness (QED) is 0.476. The summed E-state index contributed by atoms with van der Waals surface area (Å²) in [5.74, 6) is 0.156. The molecule has 2 heterocycles. The van der Waals surface area contributed by atoms with E-state index in [0.29, 0.717) is 45.5 Å². The molecule has 0 saturated carbocycles. The Morgan fingerprint density at radius 3 is 2.79 bits per heavy atom. The molecule has 1 fully saturated rings. The lowest BCUT2D eigenvalue weighted by molar-refractivity contribution is -0.137. The number of ether oxygens (including phenoxy) is 2. The molecular weight excluding hydrogens is 400 g/mol. The zero-order chi connectivity index (χ0) is 19.8. The van der Waals surface area contributed by atoms with Crippen LogP contribution in [0.5, 0.6) is 5.75 Å². The molecule has 28 heavy (non-hydrogen) atoms. The summed E-state index contributed by atoms with van der Waals surface area (Å²) in [5.41, 5.74) is 1.66. The SMILES string of the molecule is COc1cc(Cl)c(C)cc1-n1c(SC2CCOC2=O)nc2ccccc2c1=O. The Balaban J connectivity index is 1.99. The summed E-state index contributed by atoms with van der Waals surface area (Å²) in [6, 6.07) is 10.6. The number of aryl methyl sites for hydroxylation is 1. The van der Waals surface area contributed by atoms with Crippen molar-refractivity contribution in [3.63, 3.8) is 0 Å². The van der Waals surface area contributed by atoms with Gasteiger partial charge in [0.2, 0.25) is 0 Å². The number of hydrogen-bond acceptors (Lipinski definition) is 6. The number of aromatic nitrogens is 2. The second-order valence-electron chi connectivity index (χ2n) is 6.39. The van der Waals surface area contributed by atoms with E-state index in [2.05, 4.69) is 4.98 Å². The van der Waals surface area contributed by atoms with Gasteiger partial charge in [-0.1, -0.05) is 35.5 Å². The monoisotopic (exact) mass is 416 g/mol. The van der Waals surface area contributed by atoms with Crippen LogP contribution < -0.4 is 10.3 Å². The first-order chi connectivity index (χ1) is 13.5. The molecule has 0 spiro atoms. The van der Waals surface area contributed by atoms with Crippen molar-refractivity contribution in [1.82, 2.24) is 9.55 Å². The summed E-state index contributed by atoms with van der Waals surface area (Å²) in [4.78, 5) is 30.0. The van der Waals surface area contributed by atoms with Gasteiger partial charge in [-0.3, -0.25) is 14.2 Å². The van der Waals surface area contributed by atoms with Crippen molar-refractivity contribution in [2.45, 2.75) is 23.8 Å². The van der Waals surface area contributed by atoms with E-state index in [1.807, 2.05) is 13.0 Å². The van der Waals surface area contributed by atoms with Gasteiger partial charge in [-0.2, -0.15) is 0 Å². The van der Waals surface area contributed by atoms with Crippen molar-refractivity contribution in [3.05, 3.63) is 57.3 Å². The predicted molar refractivity (Wildman–Crippen MR) is 109 cm³/mol. The average Bonchev–Trinajstić information content (AvgIpc) is 3.09. The number of benzene rings is 2. The highest BCUT2D eigenvalue weighted by Crippen LogP contribution is 2.34. The third-order valence-corrected chi connectivity index (χ3v) is 6.19. The van der Waals surface area contributed by atoms with E-state index >= 15 is 0 Å². The lowest BCUT2D eigenvalue weighted by Crippen LogP contribution is -2.24. The van der Waals surface area contributed by atoms with E-state index < -0.39 is 5.25 Å². The van der Waals surface area contributed by atoms with Gasteiger partial charge in [0.15, 0.2) is 5.16 Å². The Hall–Kier alpha value is -2.51. The fourth-order valence-electron chi connectivity index (χ4n) is 3.10. The number of esters is 1. The van der Waals surface area contributed by atoms with E-state index in [4.69, 9.17) is 21.1 Å². The fourth-order valence-corrected chi connectivity index (χ4v) is 4.33. The number of carbonyl (C=O) groups excluding carboxylic acids is 1. The highest BCUT2D eigenvalue weighted by Gasteiger charge is 2.30. The van der Waals surface area contributed by atoms with Crippen molar-refractivity contribution < 1.29 is 14.3 Å². The van der Waals surface area contributed by atoms with Crippen LogP contribution in [0.25, 0.3) is 16.6 Å². The zero-order valence-corrected chi connectivity index (χ0v) is 16.8. The standard InChI is InChI=1S/C20H17ClN2O4S/c1-11-9-15(16(26-2)10-13(11)21)23-18(24)12-5-3-4-6-14(12)22-20(23)28-17-7-8-27-19(17)25/h3-6,9-10,17H,7-8H2,1-2H3. The van der Waals surface area contributed by atoms with Crippen LogP contribution in [0.1, 0.15) is 12.0 Å². The molecule has 4 rings (SSSR count). The Labute approximate surface area is 170 Å². The molecule has 1 aromatic heterocycles. The molecule has 144 valence electrons. The third kappa shape index (κ3) is 3.25. The van der Waals surface area contributed by atoms with E-state index in [0.717, 1.165) is 5.56 Å². The summed E-state index contributed by atoms with van der Waals surface area (Å²) < 4.78 is 12.0. The van der Waals surface area contributed by atoms with Gasteiger partial charge in [0.1, 0.15) is 11.0 Å². The van der Waals surface area contributed by atoms with Crippen LogP contribution in [0, 0.1) is 6.92 Å². The fraction of sp³-hybridized carbons (Fsp3) is 0.250. The maximum absolute atomic E-state index is 13.4. The second-order valence-corrected chi connectivity index (χ2v) is 7.97. The van der Waals surface area contributed by atoms with Crippen molar-refractivity contribution in [2.75, 3.05) is 13.7 Å². The molecule has 1 aliphatic rings. The van der Waals surface area contributed by atoms with Gasteiger partial charge >= 0.3 is 5.97 Å². The van der Waals surface area contributed by atoms with Crippen LogP contribution >= 0.6 is 23.4 Å². The molecule has 0 bridgehead atoms. The number of rotatable bonds is 4. The number of thioether (sulfide) groups is 1. The largest absolute Gasteiger partial charge is 0.495 e. The van der Waals surface area contributed by atoms with Gasteiger partial charge < -0.3 is 9.47 Å². The van der Waals surface area contributed by atoms with Crippen LogP contribution in [-0.4, -0.2) is 34.5 Å². The van der Waals surface area contributed by atoms with Crippen molar-refractivity contribution >= 4 is 40.2 Å². The second kappa shape index (κ2) is 7.48. The topological polar surface area (TPSA) is 70.4 Å². The van der Waals surface area contributed by atoms with Gasteiger partial charge in [0.05, 0.1) is 30.3 Å². The van der Waals surface area contributed by atoms with E-state index in [1.165, 1.54) is 23.4 Å². The number of methoxy groups -OCH3 is 1. The number of hydrogen-bond donors (Lipinski definition) is 0. The molecular formula is C20H17ClN2O4S. The summed E-state index contributed by atoms with van der Waals surface area (Å²) >= 11 is 7.46. The number of nitrogens with zero attached hydrogens (tertiary/aromatic N) is 2. The Kier molecular flexibility index (Phi) is 5.03. The van der Waals surface area contributed by atoms with E-state index in [9.17, 15) is 9.59 Å². The molecule has 1 unspecified atom stereocenters. The third-order valence-electron chi connectivity index (χ3n) is 4.58. The highest BCUT2D eigenvalue weighted by molar-refractivity contribution is 8.00. The molecule has 6 nitrogen and oxygen atoms in total. The number of cyclic esters (lactones) is 1. The minimum Gasteiger partial charge on any atom is -0.495 e. The van der Waals surface area contributed by atoms with E-state index in [1.54, 1.807) is 30.3 Å². The minimum atomic E-state index is -0.404. The summed E-state index contributed by atoms with van der Waals surface area (Å²) in [6.45, 7) is 2.23. The van der Waals surface area contributed by atoms with Crippen molar-refractivity contribution in [1.29, 1.82) is 0 Å². The van der Waals surface area contributed by atoms with Crippen LogP contribution in [0.4, 0.5) is 0 Å².